The molecular formula is C12H10ClNO2. The number of rotatable bonds is 2. The Morgan fingerprint density at radius 3 is 2.81 bits per heavy atom. The summed E-state index contributed by atoms with van der Waals surface area (Å²) in [5.74, 6) is 0.237. The fourth-order valence-electron chi connectivity index (χ4n) is 1.44. The third kappa shape index (κ3) is 1.82. The maximum absolute atomic E-state index is 11.0. The molecule has 1 heterocycles. The number of furan rings is 1. The van der Waals surface area contributed by atoms with E-state index >= 15 is 0 Å². The van der Waals surface area contributed by atoms with Crippen molar-refractivity contribution in [2.45, 2.75) is 6.92 Å². The van der Waals surface area contributed by atoms with Gasteiger partial charge in [0.15, 0.2) is 0 Å². The summed E-state index contributed by atoms with van der Waals surface area (Å²) in [5.41, 5.74) is 8.65. The van der Waals surface area contributed by atoms with Crippen LogP contribution in [0.15, 0.2) is 34.2 Å². The Kier molecular flexibility index (Phi) is 2.71. The second-order valence-corrected chi connectivity index (χ2v) is 3.74. The Labute approximate surface area is 97.5 Å². The van der Waals surface area contributed by atoms with Crippen LogP contribution in [0, 0.1) is 0 Å². The summed E-state index contributed by atoms with van der Waals surface area (Å²) in [5, 5.41) is 0.837. The number of benzene rings is 1. The molecule has 0 aliphatic rings. The van der Waals surface area contributed by atoms with Crippen molar-refractivity contribution in [1.29, 1.82) is 0 Å². The van der Waals surface area contributed by atoms with E-state index < -0.39 is 5.91 Å². The lowest BCUT2D eigenvalue weighted by atomic mass is 10.1. The summed E-state index contributed by atoms with van der Waals surface area (Å²) in [6.45, 7) is 1.85. The van der Waals surface area contributed by atoms with Crippen molar-refractivity contribution >= 4 is 34.1 Å². The van der Waals surface area contributed by atoms with Crippen LogP contribution in [-0.4, -0.2) is 5.91 Å². The molecule has 0 saturated carbocycles. The smallest absolute Gasteiger partial charge is 0.248 e. The molecule has 1 amide bonds. The van der Waals surface area contributed by atoms with E-state index in [4.69, 9.17) is 21.8 Å². The number of fused-ring (bicyclic) bond motifs is 1. The number of halogens is 1. The lowest BCUT2D eigenvalue weighted by molar-refractivity contribution is 0.100. The number of primary amides is 1. The molecule has 0 atom stereocenters. The molecule has 0 saturated heterocycles. The van der Waals surface area contributed by atoms with Gasteiger partial charge in [-0.05, 0) is 31.2 Å². The molecule has 0 spiro atoms. The minimum Gasteiger partial charge on any atom is -0.456 e. The minimum atomic E-state index is -0.450. The summed E-state index contributed by atoms with van der Waals surface area (Å²) in [6.07, 6.45) is 0. The highest BCUT2D eigenvalue weighted by Crippen LogP contribution is 2.25. The molecule has 0 aliphatic carbocycles. The van der Waals surface area contributed by atoms with Crippen molar-refractivity contribution in [3.8, 4) is 0 Å². The second kappa shape index (κ2) is 4.02. The number of carbonyl (C=O) groups is 1. The number of hydrogen-bond acceptors (Lipinski definition) is 2. The molecule has 2 rings (SSSR count). The van der Waals surface area contributed by atoms with Crippen molar-refractivity contribution in [2.75, 3.05) is 0 Å². The standard InChI is InChI=1S/C12H10ClNO2/c1-7(6-13)11-5-9-4-8(12(14)15)2-3-10(9)16-11/h2-6H,1H3,(H2,14,15)/b7-6+. The van der Waals surface area contributed by atoms with Gasteiger partial charge >= 0.3 is 0 Å². The van der Waals surface area contributed by atoms with Crippen molar-refractivity contribution < 1.29 is 9.21 Å². The minimum absolute atomic E-state index is 0.450. The van der Waals surface area contributed by atoms with Gasteiger partial charge in [0, 0.05) is 22.1 Å². The van der Waals surface area contributed by atoms with Gasteiger partial charge < -0.3 is 10.2 Å². The third-order valence-corrected chi connectivity index (χ3v) is 2.68. The molecule has 4 heteroatoms. The van der Waals surface area contributed by atoms with Crippen LogP contribution in [0.25, 0.3) is 16.5 Å². The van der Waals surface area contributed by atoms with E-state index in [1.54, 1.807) is 18.2 Å². The molecule has 0 fully saturated rings. The molecule has 2 N–H and O–H groups in total. The molecule has 3 nitrogen and oxygen atoms in total. The zero-order valence-electron chi connectivity index (χ0n) is 8.66. The lowest BCUT2D eigenvalue weighted by Gasteiger charge is -1.93. The van der Waals surface area contributed by atoms with E-state index in [0.717, 1.165) is 11.0 Å². The predicted molar refractivity (Wildman–Crippen MR) is 64.2 cm³/mol. The molecule has 16 heavy (non-hydrogen) atoms. The molecule has 82 valence electrons. The fourth-order valence-corrected chi connectivity index (χ4v) is 1.55. The Bertz CT molecular complexity index is 584. The van der Waals surface area contributed by atoms with Crippen LogP contribution < -0.4 is 5.73 Å². The van der Waals surface area contributed by atoms with Crippen molar-refractivity contribution in [2.24, 2.45) is 5.73 Å². The molecule has 0 unspecified atom stereocenters. The SMILES string of the molecule is C/C(=C\Cl)c1cc2cc(C(N)=O)ccc2o1. The molecule has 1 aromatic carbocycles. The maximum Gasteiger partial charge on any atom is 0.248 e. The molecular weight excluding hydrogens is 226 g/mol. The number of nitrogens with two attached hydrogens (primary N) is 1. The van der Waals surface area contributed by atoms with Crippen LogP contribution >= 0.6 is 11.6 Å². The monoisotopic (exact) mass is 235 g/mol. The van der Waals surface area contributed by atoms with Gasteiger partial charge in [-0.25, -0.2) is 0 Å². The highest BCUT2D eigenvalue weighted by Gasteiger charge is 2.07. The normalized spacial score (nSPS) is 12.0. The third-order valence-electron chi connectivity index (χ3n) is 2.35. The topological polar surface area (TPSA) is 56.2 Å². The highest BCUT2D eigenvalue weighted by atomic mass is 35.5. The van der Waals surface area contributed by atoms with Crippen molar-refractivity contribution in [3.63, 3.8) is 0 Å². The van der Waals surface area contributed by atoms with Crippen LogP contribution in [-0.2, 0) is 0 Å². The zero-order valence-corrected chi connectivity index (χ0v) is 9.41. The van der Waals surface area contributed by atoms with Gasteiger partial charge in [-0.2, -0.15) is 0 Å². The first-order valence-corrected chi connectivity index (χ1v) is 5.16. The van der Waals surface area contributed by atoms with Gasteiger partial charge in [0.2, 0.25) is 5.91 Å². The fraction of sp³-hybridized carbons (Fsp3) is 0.0833. The van der Waals surface area contributed by atoms with Gasteiger partial charge in [-0.3, -0.25) is 4.79 Å². The predicted octanol–water partition coefficient (Wildman–Crippen LogP) is 3.13. The Hall–Kier alpha value is -1.74. The van der Waals surface area contributed by atoms with Crippen LogP contribution in [0.1, 0.15) is 23.0 Å². The average Bonchev–Trinajstić information content (AvgIpc) is 2.70. The number of carbonyl (C=O) groups excluding carboxylic acids is 1. The molecule has 0 radical (unpaired) electrons. The first-order chi connectivity index (χ1) is 7.61. The van der Waals surface area contributed by atoms with Crippen molar-refractivity contribution in [3.05, 3.63) is 41.1 Å². The van der Waals surface area contributed by atoms with Crippen LogP contribution in [0.5, 0.6) is 0 Å². The Balaban J connectivity index is 2.58. The molecule has 0 bridgehead atoms. The van der Waals surface area contributed by atoms with E-state index in [2.05, 4.69) is 0 Å². The Morgan fingerprint density at radius 2 is 2.19 bits per heavy atom. The van der Waals surface area contributed by atoms with E-state index in [1.807, 2.05) is 13.0 Å². The van der Waals surface area contributed by atoms with E-state index in [0.29, 0.717) is 16.9 Å². The van der Waals surface area contributed by atoms with Crippen LogP contribution in [0.3, 0.4) is 0 Å². The Morgan fingerprint density at radius 1 is 1.44 bits per heavy atom. The number of allylic oxidation sites excluding steroid dienone is 1. The van der Waals surface area contributed by atoms with Crippen molar-refractivity contribution in [1.82, 2.24) is 0 Å². The summed E-state index contributed by atoms with van der Waals surface area (Å²) >= 11 is 5.60. The number of hydrogen-bond donors (Lipinski definition) is 1. The van der Waals surface area contributed by atoms with E-state index in [9.17, 15) is 4.79 Å². The summed E-state index contributed by atoms with van der Waals surface area (Å²) < 4.78 is 5.55. The quantitative estimate of drug-likeness (QED) is 0.869. The average molecular weight is 236 g/mol. The van der Waals surface area contributed by atoms with Crippen LogP contribution in [0.4, 0.5) is 0 Å². The summed E-state index contributed by atoms with van der Waals surface area (Å²) in [7, 11) is 0. The van der Waals surface area contributed by atoms with Gasteiger partial charge in [-0.15, -0.1) is 0 Å². The van der Waals surface area contributed by atoms with Gasteiger partial charge in [0.1, 0.15) is 11.3 Å². The number of amides is 1. The lowest BCUT2D eigenvalue weighted by Crippen LogP contribution is -2.10. The molecule has 2 aromatic rings. The van der Waals surface area contributed by atoms with Gasteiger partial charge in [-0.1, -0.05) is 11.6 Å². The second-order valence-electron chi connectivity index (χ2n) is 3.52. The van der Waals surface area contributed by atoms with Gasteiger partial charge in [0.05, 0.1) is 0 Å². The van der Waals surface area contributed by atoms with E-state index in [1.165, 1.54) is 5.54 Å². The van der Waals surface area contributed by atoms with E-state index in [-0.39, 0.29) is 0 Å². The first kappa shape index (κ1) is 10.8. The summed E-state index contributed by atoms with van der Waals surface area (Å²) in [4.78, 5) is 11.0. The summed E-state index contributed by atoms with van der Waals surface area (Å²) in [6, 6.07) is 6.89. The first-order valence-electron chi connectivity index (χ1n) is 4.72. The zero-order chi connectivity index (χ0) is 11.7. The largest absolute Gasteiger partial charge is 0.456 e. The van der Waals surface area contributed by atoms with Gasteiger partial charge in [0.25, 0.3) is 0 Å². The highest BCUT2D eigenvalue weighted by molar-refractivity contribution is 6.28. The van der Waals surface area contributed by atoms with Crippen LogP contribution in [0.2, 0.25) is 0 Å². The maximum atomic E-state index is 11.0. The molecule has 0 aliphatic heterocycles. The molecule has 1 aromatic heterocycles.